The molecule has 1 fully saturated rings. The van der Waals surface area contributed by atoms with Crippen molar-refractivity contribution in [3.05, 3.63) is 0 Å². The van der Waals surface area contributed by atoms with E-state index in [1.54, 1.807) is 0 Å². The van der Waals surface area contributed by atoms with Crippen molar-refractivity contribution in [1.82, 2.24) is 0 Å². The summed E-state index contributed by atoms with van der Waals surface area (Å²) in [7, 11) is 0. The van der Waals surface area contributed by atoms with Crippen LogP contribution in [0.25, 0.3) is 0 Å². The number of hydrogen-bond acceptors (Lipinski definition) is 2. The van der Waals surface area contributed by atoms with Gasteiger partial charge in [-0.1, -0.05) is 0 Å². The van der Waals surface area contributed by atoms with Crippen molar-refractivity contribution >= 4 is 23.7 Å². The summed E-state index contributed by atoms with van der Waals surface area (Å²) in [5.74, 6) is 3.20. The Kier molecular flexibility index (Phi) is 4.58. The number of guanidine groups is 2. The summed E-state index contributed by atoms with van der Waals surface area (Å²) in [5.41, 5.74) is 15.8. The lowest BCUT2D eigenvalue weighted by molar-refractivity contribution is 0.535. The van der Waals surface area contributed by atoms with Crippen molar-refractivity contribution in [2.24, 2.45) is 33.1 Å². The van der Waals surface area contributed by atoms with Gasteiger partial charge in [-0.15, -0.1) is 0 Å². The second-order valence-corrected chi connectivity index (χ2v) is 4.47. The molecule has 0 saturated carbocycles. The molecule has 1 saturated heterocycles. The van der Waals surface area contributed by atoms with Gasteiger partial charge in [-0.05, 0) is 30.3 Å². The van der Waals surface area contributed by atoms with Gasteiger partial charge in [0.25, 0.3) is 0 Å². The summed E-state index contributed by atoms with van der Waals surface area (Å²) >= 11 is 1.97. The van der Waals surface area contributed by atoms with Crippen LogP contribution in [0.5, 0.6) is 0 Å². The van der Waals surface area contributed by atoms with Crippen LogP contribution in [0.4, 0.5) is 0 Å². The largest absolute Gasteiger partial charge is 0.370 e. The van der Waals surface area contributed by atoms with E-state index in [4.69, 9.17) is 17.2 Å². The first-order valence-electron chi connectivity index (χ1n) is 4.66. The minimum Gasteiger partial charge on any atom is -0.370 e. The molecular formula is C8H17N5S. The highest BCUT2D eigenvalue weighted by molar-refractivity contribution is 7.99. The Morgan fingerprint density at radius 1 is 1.36 bits per heavy atom. The first-order valence-corrected chi connectivity index (χ1v) is 5.81. The molecule has 14 heavy (non-hydrogen) atoms. The van der Waals surface area contributed by atoms with Gasteiger partial charge in [0.15, 0.2) is 5.96 Å². The normalized spacial score (nSPS) is 23.1. The molecule has 5 nitrogen and oxygen atoms in total. The van der Waals surface area contributed by atoms with E-state index >= 15 is 0 Å². The maximum absolute atomic E-state index is 5.49. The van der Waals surface area contributed by atoms with Gasteiger partial charge in [-0.3, -0.25) is 4.99 Å². The molecule has 0 spiro atoms. The third kappa shape index (κ3) is 4.36. The van der Waals surface area contributed by atoms with Crippen molar-refractivity contribution in [3.8, 4) is 0 Å². The van der Waals surface area contributed by atoms with Gasteiger partial charge >= 0.3 is 0 Å². The Morgan fingerprint density at radius 2 is 2.14 bits per heavy atom. The predicted molar refractivity (Wildman–Crippen MR) is 62.3 cm³/mol. The highest BCUT2D eigenvalue weighted by atomic mass is 32.2. The summed E-state index contributed by atoms with van der Waals surface area (Å²) in [6.45, 7) is 0.732. The van der Waals surface area contributed by atoms with Crippen LogP contribution in [-0.4, -0.2) is 30.0 Å². The van der Waals surface area contributed by atoms with Gasteiger partial charge < -0.3 is 17.2 Å². The molecule has 6 heteroatoms. The fraction of sp³-hybridized carbons (Fsp3) is 0.750. The van der Waals surface area contributed by atoms with Crippen molar-refractivity contribution in [1.29, 1.82) is 0 Å². The smallest absolute Gasteiger partial charge is 0.218 e. The number of thioether (sulfide) groups is 1. The van der Waals surface area contributed by atoms with Gasteiger partial charge in [0, 0.05) is 6.54 Å². The maximum atomic E-state index is 5.49. The average Bonchev–Trinajstić information content (AvgIpc) is 2.15. The molecule has 1 unspecified atom stereocenters. The van der Waals surface area contributed by atoms with E-state index in [0.29, 0.717) is 5.92 Å². The molecule has 0 aliphatic carbocycles. The number of rotatable bonds is 2. The first kappa shape index (κ1) is 11.2. The lowest BCUT2D eigenvalue weighted by Crippen LogP contribution is -2.27. The highest BCUT2D eigenvalue weighted by Gasteiger charge is 2.12. The maximum Gasteiger partial charge on any atom is 0.218 e. The van der Waals surface area contributed by atoms with Gasteiger partial charge in [-0.25, -0.2) is 0 Å². The van der Waals surface area contributed by atoms with Gasteiger partial charge in [0.1, 0.15) is 0 Å². The topological polar surface area (TPSA) is 103 Å². The molecule has 0 radical (unpaired) electrons. The van der Waals surface area contributed by atoms with Crippen LogP contribution in [0.1, 0.15) is 12.8 Å². The zero-order valence-corrected chi connectivity index (χ0v) is 8.96. The molecule has 1 atom stereocenters. The van der Waals surface area contributed by atoms with Crippen LogP contribution in [0, 0.1) is 5.92 Å². The minimum absolute atomic E-state index is 0.0377. The van der Waals surface area contributed by atoms with Gasteiger partial charge in [0.2, 0.25) is 5.96 Å². The lowest BCUT2D eigenvalue weighted by Gasteiger charge is -2.18. The van der Waals surface area contributed by atoms with Gasteiger partial charge in [0.05, 0.1) is 0 Å². The van der Waals surface area contributed by atoms with Crippen molar-refractivity contribution in [3.63, 3.8) is 0 Å². The lowest BCUT2D eigenvalue weighted by atomic mass is 10.1. The zero-order chi connectivity index (χ0) is 10.4. The second-order valence-electron chi connectivity index (χ2n) is 3.32. The molecule has 1 rings (SSSR count). The third-order valence-corrected chi connectivity index (χ3v) is 3.29. The average molecular weight is 215 g/mol. The zero-order valence-electron chi connectivity index (χ0n) is 8.15. The molecular weight excluding hydrogens is 198 g/mol. The number of hydrogen-bond donors (Lipinski definition) is 3. The summed E-state index contributed by atoms with van der Waals surface area (Å²) in [5, 5.41) is 0. The quantitative estimate of drug-likeness (QED) is 0.435. The van der Waals surface area contributed by atoms with Crippen molar-refractivity contribution in [2.75, 3.05) is 18.1 Å². The summed E-state index contributed by atoms with van der Waals surface area (Å²) in [6.07, 6.45) is 2.50. The van der Waals surface area contributed by atoms with Crippen LogP contribution in [-0.2, 0) is 0 Å². The van der Waals surface area contributed by atoms with Crippen LogP contribution in [0.15, 0.2) is 9.98 Å². The summed E-state index contributed by atoms with van der Waals surface area (Å²) < 4.78 is 0. The predicted octanol–water partition coefficient (Wildman–Crippen LogP) is -0.282. The van der Waals surface area contributed by atoms with E-state index in [1.807, 2.05) is 11.8 Å². The van der Waals surface area contributed by atoms with Crippen LogP contribution >= 0.6 is 11.8 Å². The fourth-order valence-electron chi connectivity index (χ4n) is 1.34. The number of nitrogens with zero attached hydrogens (tertiary/aromatic N) is 2. The van der Waals surface area contributed by atoms with E-state index in [1.165, 1.54) is 24.3 Å². The van der Waals surface area contributed by atoms with Crippen LogP contribution < -0.4 is 17.2 Å². The molecule has 1 heterocycles. The fourth-order valence-corrected chi connectivity index (χ4v) is 2.48. The Labute approximate surface area is 88.2 Å². The van der Waals surface area contributed by atoms with Crippen molar-refractivity contribution in [2.45, 2.75) is 12.8 Å². The molecule has 0 aromatic carbocycles. The third-order valence-electron chi connectivity index (χ3n) is 2.01. The minimum atomic E-state index is -0.0377. The van der Waals surface area contributed by atoms with E-state index < -0.39 is 0 Å². The highest BCUT2D eigenvalue weighted by Crippen LogP contribution is 2.22. The molecule has 6 N–H and O–H groups in total. The molecule has 0 amide bonds. The SMILES string of the molecule is NC(N)=NC(N)=NCC1CCCSC1. The monoisotopic (exact) mass is 215 g/mol. The van der Waals surface area contributed by atoms with E-state index in [0.717, 1.165) is 6.54 Å². The molecule has 0 aromatic heterocycles. The molecule has 1 aliphatic rings. The van der Waals surface area contributed by atoms with Crippen molar-refractivity contribution < 1.29 is 0 Å². The Bertz CT molecular complexity index is 228. The second kappa shape index (κ2) is 5.74. The Morgan fingerprint density at radius 3 is 2.71 bits per heavy atom. The summed E-state index contributed by atoms with van der Waals surface area (Å²) in [6, 6.07) is 0. The van der Waals surface area contributed by atoms with Gasteiger partial charge in [-0.2, -0.15) is 16.8 Å². The van der Waals surface area contributed by atoms with Crippen LogP contribution in [0.3, 0.4) is 0 Å². The van der Waals surface area contributed by atoms with E-state index in [-0.39, 0.29) is 11.9 Å². The Balaban J connectivity index is 2.33. The first-order chi connectivity index (χ1) is 6.68. The summed E-state index contributed by atoms with van der Waals surface area (Å²) in [4.78, 5) is 7.78. The molecule has 0 bridgehead atoms. The standard InChI is InChI=1S/C8H17N5S/c9-7(10)13-8(11)12-4-6-2-1-3-14-5-6/h6H,1-5H2,(H6,9,10,11,12,13). The van der Waals surface area contributed by atoms with E-state index in [2.05, 4.69) is 9.98 Å². The van der Waals surface area contributed by atoms with Crippen LogP contribution in [0.2, 0.25) is 0 Å². The van der Waals surface area contributed by atoms with E-state index in [9.17, 15) is 0 Å². The number of aliphatic imine (C=N–C) groups is 2. The number of nitrogens with two attached hydrogens (primary N) is 3. The molecule has 0 aromatic rings. The molecule has 1 aliphatic heterocycles. The Hall–Kier alpha value is -0.910. The molecule has 80 valence electrons.